The monoisotopic (exact) mass is 262 g/mol. The Kier molecular flexibility index (Phi) is 4.12. The van der Waals surface area contributed by atoms with Gasteiger partial charge in [0.1, 0.15) is 6.61 Å². The van der Waals surface area contributed by atoms with E-state index in [2.05, 4.69) is 9.97 Å². The number of hydrogen-bond acceptors (Lipinski definition) is 5. The van der Waals surface area contributed by atoms with Gasteiger partial charge in [0, 0.05) is 12.7 Å². The summed E-state index contributed by atoms with van der Waals surface area (Å²) >= 11 is 0. The second-order valence-electron chi connectivity index (χ2n) is 3.99. The van der Waals surface area contributed by atoms with Crippen molar-refractivity contribution in [2.24, 2.45) is 0 Å². The number of rotatable bonds is 5. The summed E-state index contributed by atoms with van der Waals surface area (Å²) in [5.41, 5.74) is 6.42. The number of nitrogens with two attached hydrogens (primary N) is 1. The van der Waals surface area contributed by atoms with Crippen molar-refractivity contribution in [2.75, 3.05) is 30.8 Å². The lowest BCUT2D eigenvalue weighted by molar-refractivity contribution is 0.299. The van der Waals surface area contributed by atoms with Crippen LogP contribution >= 0.6 is 0 Å². The van der Waals surface area contributed by atoms with Crippen molar-refractivity contribution in [2.45, 2.75) is 0 Å². The molecule has 1 aromatic heterocycles. The smallest absolute Gasteiger partial charge is 0.318 e. The molecule has 0 fully saturated rings. The van der Waals surface area contributed by atoms with E-state index in [-0.39, 0.29) is 11.8 Å². The van der Waals surface area contributed by atoms with E-state index in [9.17, 15) is 4.39 Å². The summed E-state index contributed by atoms with van der Waals surface area (Å²) in [6.45, 7) is 1.04. The molecule has 0 aliphatic heterocycles. The molecule has 0 amide bonds. The molecular formula is C13H15FN4O. The molecule has 0 radical (unpaired) electrons. The van der Waals surface area contributed by atoms with Gasteiger partial charge in [-0.25, -0.2) is 9.37 Å². The predicted octanol–water partition coefficient (Wildman–Crippen LogP) is 1.71. The van der Waals surface area contributed by atoms with E-state index >= 15 is 0 Å². The number of aromatic nitrogens is 2. The van der Waals surface area contributed by atoms with E-state index in [4.69, 9.17) is 10.5 Å². The lowest BCUT2D eigenvalue weighted by atomic mass is 10.3. The van der Waals surface area contributed by atoms with E-state index in [1.54, 1.807) is 0 Å². The molecule has 0 atom stereocenters. The SMILES string of the molecule is CN(CCOc1ncc(F)c(N)n1)c1ccccc1. The maximum Gasteiger partial charge on any atom is 0.318 e. The summed E-state index contributed by atoms with van der Waals surface area (Å²) in [5, 5.41) is 0. The minimum atomic E-state index is -0.645. The fraction of sp³-hybridized carbons (Fsp3) is 0.231. The van der Waals surface area contributed by atoms with Crippen LogP contribution in [0, 0.1) is 5.82 Å². The van der Waals surface area contributed by atoms with E-state index in [1.807, 2.05) is 42.3 Å². The maximum atomic E-state index is 12.9. The molecule has 0 spiro atoms. The molecule has 2 rings (SSSR count). The molecule has 100 valence electrons. The van der Waals surface area contributed by atoms with Crippen molar-refractivity contribution >= 4 is 11.5 Å². The first-order valence-corrected chi connectivity index (χ1v) is 5.84. The van der Waals surface area contributed by atoms with E-state index in [0.717, 1.165) is 11.9 Å². The lowest BCUT2D eigenvalue weighted by Gasteiger charge is -2.18. The Labute approximate surface area is 110 Å². The first-order valence-electron chi connectivity index (χ1n) is 5.84. The van der Waals surface area contributed by atoms with Gasteiger partial charge in [0.2, 0.25) is 0 Å². The number of ether oxygens (including phenoxy) is 1. The van der Waals surface area contributed by atoms with Gasteiger partial charge < -0.3 is 15.4 Å². The number of nitrogens with zero attached hydrogens (tertiary/aromatic N) is 3. The van der Waals surface area contributed by atoms with Gasteiger partial charge in [-0.15, -0.1) is 0 Å². The summed E-state index contributed by atoms with van der Waals surface area (Å²) in [6.07, 6.45) is 0.999. The van der Waals surface area contributed by atoms with Crippen LogP contribution in [0.15, 0.2) is 36.5 Å². The Bertz CT molecular complexity index is 535. The fourth-order valence-electron chi connectivity index (χ4n) is 1.52. The van der Waals surface area contributed by atoms with Crippen LogP contribution in [0.1, 0.15) is 0 Å². The molecule has 0 unspecified atom stereocenters. The van der Waals surface area contributed by atoms with E-state index < -0.39 is 5.82 Å². The van der Waals surface area contributed by atoms with Crippen LogP contribution in [-0.2, 0) is 0 Å². The number of likely N-dealkylation sites (N-methyl/N-ethyl adjacent to an activating group) is 1. The van der Waals surface area contributed by atoms with Gasteiger partial charge in [0.05, 0.1) is 12.7 Å². The number of para-hydroxylation sites is 1. The molecule has 5 nitrogen and oxygen atoms in total. The van der Waals surface area contributed by atoms with Crippen molar-refractivity contribution < 1.29 is 9.13 Å². The average Bonchev–Trinajstić information content (AvgIpc) is 2.43. The van der Waals surface area contributed by atoms with Gasteiger partial charge >= 0.3 is 6.01 Å². The zero-order valence-corrected chi connectivity index (χ0v) is 10.6. The van der Waals surface area contributed by atoms with Crippen LogP contribution in [0.25, 0.3) is 0 Å². The van der Waals surface area contributed by atoms with Crippen LogP contribution < -0.4 is 15.4 Å². The largest absolute Gasteiger partial charge is 0.462 e. The highest BCUT2D eigenvalue weighted by Gasteiger charge is 2.05. The van der Waals surface area contributed by atoms with Crippen LogP contribution in [0.4, 0.5) is 15.9 Å². The second kappa shape index (κ2) is 5.99. The summed E-state index contributed by atoms with van der Waals surface area (Å²) in [4.78, 5) is 9.43. The second-order valence-corrected chi connectivity index (χ2v) is 3.99. The van der Waals surface area contributed by atoms with Crippen molar-refractivity contribution in [3.63, 3.8) is 0 Å². The highest BCUT2D eigenvalue weighted by molar-refractivity contribution is 5.44. The van der Waals surface area contributed by atoms with Gasteiger partial charge in [-0.3, -0.25) is 0 Å². The van der Waals surface area contributed by atoms with Gasteiger partial charge in [-0.05, 0) is 12.1 Å². The Hall–Kier alpha value is -2.37. The van der Waals surface area contributed by atoms with Crippen LogP contribution in [0.5, 0.6) is 6.01 Å². The van der Waals surface area contributed by atoms with E-state index in [1.165, 1.54) is 0 Å². The number of anilines is 2. The molecular weight excluding hydrogens is 247 g/mol. The molecule has 19 heavy (non-hydrogen) atoms. The molecule has 1 heterocycles. The third-order valence-electron chi connectivity index (χ3n) is 2.60. The Morgan fingerprint density at radius 1 is 1.32 bits per heavy atom. The third kappa shape index (κ3) is 3.54. The van der Waals surface area contributed by atoms with Crippen LogP contribution in [0.3, 0.4) is 0 Å². The first-order chi connectivity index (χ1) is 9.16. The lowest BCUT2D eigenvalue weighted by Crippen LogP contribution is -2.24. The number of nitrogen functional groups attached to an aromatic ring is 1. The van der Waals surface area contributed by atoms with Gasteiger partial charge in [-0.2, -0.15) is 4.98 Å². The summed E-state index contributed by atoms with van der Waals surface area (Å²) in [5.74, 6) is -0.852. The quantitative estimate of drug-likeness (QED) is 0.888. The number of benzene rings is 1. The Morgan fingerprint density at radius 2 is 2.05 bits per heavy atom. The Balaban J connectivity index is 1.85. The zero-order chi connectivity index (χ0) is 13.7. The van der Waals surface area contributed by atoms with Crippen LogP contribution in [-0.4, -0.2) is 30.2 Å². The molecule has 2 aromatic rings. The Morgan fingerprint density at radius 3 is 2.74 bits per heavy atom. The molecule has 1 aromatic carbocycles. The number of halogens is 1. The van der Waals surface area contributed by atoms with Crippen molar-refractivity contribution in [1.82, 2.24) is 9.97 Å². The topological polar surface area (TPSA) is 64.3 Å². The van der Waals surface area contributed by atoms with Gasteiger partial charge in [-0.1, -0.05) is 18.2 Å². The third-order valence-corrected chi connectivity index (χ3v) is 2.60. The zero-order valence-electron chi connectivity index (χ0n) is 10.6. The van der Waals surface area contributed by atoms with Crippen molar-refractivity contribution in [3.05, 3.63) is 42.3 Å². The van der Waals surface area contributed by atoms with E-state index in [0.29, 0.717) is 13.2 Å². The number of hydrogen-bond donors (Lipinski definition) is 1. The molecule has 0 aliphatic carbocycles. The molecule has 6 heteroatoms. The average molecular weight is 262 g/mol. The molecule has 0 bridgehead atoms. The van der Waals surface area contributed by atoms with Gasteiger partial charge in [0.15, 0.2) is 11.6 Å². The van der Waals surface area contributed by atoms with Crippen LogP contribution in [0.2, 0.25) is 0 Å². The minimum Gasteiger partial charge on any atom is -0.462 e. The first kappa shape index (κ1) is 13.1. The predicted molar refractivity (Wildman–Crippen MR) is 71.6 cm³/mol. The minimum absolute atomic E-state index is 0.0837. The molecule has 0 saturated carbocycles. The molecule has 0 aliphatic rings. The molecule has 0 saturated heterocycles. The van der Waals surface area contributed by atoms with Crippen molar-refractivity contribution in [3.8, 4) is 6.01 Å². The highest BCUT2D eigenvalue weighted by atomic mass is 19.1. The summed E-state index contributed by atoms with van der Waals surface area (Å²) < 4.78 is 18.2. The summed E-state index contributed by atoms with van der Waals surface area (Å²) in [6, 6.07) is 10.00. The highest BCUT2D eigenvalue weighted by Crippen LogP contribution is 2.11. The standard InChI is InChI=1S/C13H15FN4O/c1-18(10-5-3-2-4-6-10)7-8-19-13-16-9-11(14)12(15)17-13/h2-6,9H,7-8H2,1H3,(H2,15,16,17). The molecule has 2 N–H and O–H groups in total. The van der Waals surface area contributed by atoms with Gasteiger partial charge in [0.25, 0.3) is 0 Å². The summed E-state index contributed by atoms with van der Waals surface area (Å²) in [7, 11) is 1.96. The maximum absolute atomic E-state index is 12.9. The normalized spacial score (nSPS) is 10.2. The van der Waals surface area contributed by atoms with Crippen molar-refractivity contribution in [1.29, 1.82) is 0 Å². The fourth-order valence-corrected chi connectivity index (χ4v) is 1.52.